The highest BCUT2D eigenvalue weighted by atomic mass is 35.5. The fraction of sp³-hybridized carbons (Fsp3) is 0.750. The summed E-state index contributed by atoms with van der Waals surface area (Å²) in [7, 11) is 0. The summed E-state index contributed by atoms with van der Waals surface area (Å²) in [6.45, 7) is 7.24. The van der Waals surface area contributed by atoms with Crippen LogP contribution in [0.2, 0.25) is 5.28 Å². The number of morpholine rings is 1. The molecule has 3 rings (SSSR count). The number of ether oxygens (including phenoxy) is 1. The number of hydrogen-bond acceptors (Lipinski definition) is 6. The van der Waals surface area contributed by atoms with Gasteiger partial charge in [-0.1, -0.05) is 6.92 Å². The van der Waals surface area contributed by atoms with Crippen molar-refractivity contribution in [3.05, 3.63) is 5.28 Å². The van der Waals surface area contributed by atoms with Gasteiger partial charge in [-0.05, 0) is 23.9 Å². The van der Waals surface area contributed by atoms with Crippen LogP contribution >= 0.6 is 11.6 Å². The molecule has 7 heteroatoms. The van der Waals surface area contributed by atoms with Gasteiger partial charge in [-0.25, -0.2) is 0 Å². The van der Waals surface area contributed by atoms with Crippen LogP contribution < -0.4 is 9.80 Å². The van der Waals surface area contributed by atoms with Gasteiger partial charge in [-0.3, -0.25) is 0 Å². The van der Waals surface area contributed by atoms with Crippen molar-refractivity contribution in [2.45, 2.75) is 13.3 Å². The summed E-state index contributed by atoms with van der Waals surface area (Å²) >= 11 is 6.04. The second kappa shape index (κ2) is 5.46. The molecule has 1 atom stereocenters. The molecule has 0 amide bonds. The highest BCUT2D eigenvalue weighted by Crippen LogP contribution is 2.23. The van der Waals surface area contributed by atoms with E-state index >= 15 is 0 Å². The average Bonchev–Trinajstić information content (AvgIpc) is 2.86. The Labute approximate surface area is 117 Å². The number of halogens is 1. The van der Waals surface area contributed by atoms with Crippen LogP contribution in [0.1, 0.15) is 13.3 Å². The van der Waals surface area contributed by atoms with Gasteiger partial charge in [-0.2, -0.15) is 15.0 Å². The third-order valence-corrected chi connectivity index (χ3v) is 3.75. The van der Waals surface area contributed by atoms with Crippen molar-refractivity contribution in [1.82, 2.24) is 15.0 Å². The zero-order valence-corrected chi connectivity index (χ0v) is 11.8. The SMILES string of the molecule is CC1CCN(c2nc(Cl)nc(N3CCOCC3)n2)C1. The normalized spacial score (nSPS) is 24.0. The van der Waals surface area contributed by atoms with Crippen molar-refractivity contribution in [2.75, 3.05) is 49.2 Å². The van der Waals surface area contributed by atoms with Gasteiger partial charge < -0.3 is 14.5 Å². The van der Waals surface area contributed by atoms with Crippen LogP contribution in [0, 0.1) is 5.92 Å². The van der Waals surface area contributed by atoms with Gasteiger partial charge in [0.15, 0.2) is 0 Å². The van der Waals surface area contributed by atoms with Crippen LogP contribution in [0.25, 0.3) is 0 Å². The summed E-state index contributed by atoms with van der Waals surface area (Å²) in [5, 5.41) is 0.269. The van der Waals surface area contributed by atoms with Gasteiger partial charge in [0.05, 0.1) is 13.2 Å². The molecular weight excluding hydrogens is 266 g/mol. The third-order valence-electron chi connectivity index (χ3n) is 3.59. The van der Waals surface area contributed by atoms with Gasteiger partial charge in [0.25, 0.3) is 0 Å². The summed E-state index contributed by atoms with van der Waals surface area (Å²) in [4.78, 5) is 17.3. The van der Waals surface area contributed by atoms with E-state index in [9.17, 15) is 0 Å². The molecule has 1 aromatic heterocycles. The van der Waals surface area contributed by atoms with Crippen molar-refractivity contribution in [3.63, 3.8) is 0 Å². The number of hydrogen-bond donors (Lipinski definition) is 0. The molecule has 0 spiro atoms. The fourth-order valence-electron chi connectivity index (χ4n) is 2.49. The van der Waals surface area contributed by atoms with Crippen LogP contribution in [0.4, 0.5) is 11.9 Å². The molecule has 3 heterocycles. The summed E-state index contributed by atoms with van der Waals surface area (Å²) in [5.41, 5.74) is 0. The Morgan fingerprint density at radius 1 is 1.05 bits per heavy atom. The van der Waals surface area contributed by atoms with E-state index in [1.807, 2.05) is 0 Å². The maximum absolute atomic E-state index is 6.04. The molecule has 2 saturated heterocycles. The Bertz CT molecular complexity index is 429. The first-order valence-corrected chi connectivity index (χ1v) is 7.09. The van der Waals surface area contributed by atoms with Crippen molar-refractivity contribution in [1.29, 1.82) is 0 Å². The van der Waals surface area contributed by atoms with E-state index in [-0.39, 0.29) is 5.28 Å². The van der Waals surface area contributed by atoms with Crippen LogP contribution in [-0.4, -0.2) is 54.3 Å². The lowest BCUT2D eigenvalue weighted by Crippen LogP contribution is -2.37. The number of nitrogens with zero attached hydrogens (tertiary/aromatic N) is 5. The highest BCUT2D eigenvalue weighted by Gasteiger charge is 2.23. The molecule has 2 aliphatic heterocycles. The van der Waals surface area contributed by atoms with E-state index < -0.39 is 0 Å². The van der Waals surface area contributed by atoms with Crippen LogP contribution in [0.3, 0.4) is 0 Å². The molecule has 1 aromatic rings. The zero-order chi connectivity index (χ0) is 13.2. The lowest BCUT2D eigenvalue weighted by Gasteiger charge is -2.27. The highest BCUT2D eigenvalue weighted by molar-refractivity contribution is 6.28. The van der Waals surface area contributed by atoms with Crippen LogP contribution in [-0.2, 0) is 4.74 Å². The molecule has 104 valence electrons. The Morgan fingerprint density at radius 3 is 2.37 bits per heavy atom. The van der Waals surface area contributed by atoms with Crippen LogP contribution in [0.15, 0.2) is 0 Å². The number of aromatic nitrogens is 3. The van der Waals surface area contributed by atoms with E-state index in [1.165, 1.54) is 6.42 Å². The Morgan fingerprint density at radius 2 is 1.74 bits per heavy atom. The second-order valence-corrected chi connectivity index (χ2v) is 5.48. The van der Waals surface area contributed by atoms with Crippen LogP contribution in [0.5, 0.6) is 0 Å². The molecule has 0 aromatic carbocycles. The van der Waals surface area contributed by atoms with E-state index in [1.54, 1.807) is 0 Å². The minimum atomic E-state index is 0.269. The predicted molar refractivity (Wildman–Crippen MR) is 73.9 cm³/mol. The Balaban J connectivity index is 1.83. The van der Waals surface area contributed by atoms with Gasteiger partial charge >= 0.3 is 0 Å². The molecule has 2 fully saturated rings. The van der Waals surface area contributed by atoms with Crippen molar-refractivity contribution in [3.8, 4) is 0 Å². The van der Waals surface area contributed by atoms with E-state index in [4.69, 9.17) is 16.3 Å². The van der Waals surface area contributed by atoms with Gasteiger partial charge in [-0.15, -0.1) is 0 Å². The van der Waals surface area contributed by atoms with Crippen molar-refractivity contribution >= 4 is 23.5 Å². The van der Waals surface area contributed by atoms with E-state index in [0.29, 0.717) is 31.0 Å². The molecule has 6 nitrogen and oxygen atoms in total. The Kier molecular flexibility index (Phi) is 3.70. The minimum absolute atomic E-state index is 0.269. The zero-order valence-electron chi connectivity index (χ0n) is 11.0. The van der Waals surface area contributed by atoms with E-state index in [2.05, 4.69) is 31.7 Å². The molecule has 19 heavy (non-hydrogen) atoms. The summed E-state index contributed by atoms with van der Waals surface area (Å²) < 4.78 is 5.34. The monoisotopic (exact) mass is 283 g/mol. The largest absolute Gasteiger partial charge is 0.378 e. The molecule has 0 radical (unpaired) electrons. The van der Waals surface area contributed by atoms with Gasteiger partial charge in [0.1, 0.15) is 0 Å². The van der Waals surface area contributed by atoms with Gasteiger partial charge in [0, 0.05) is 26.2 Å². The molecule has 0 aliphatic carbocycles. The summed E-state index contributed by atoms with van der Waals surface area (Å²) in [6, 6.07) is 0. The van der Waals surface area contributed by atoms with Crippen molar-refractivity contribution < 1.29 is 4.74 Å². The number of anilines is 2. The molecule has 0 saturated carbocycles. The van der Waals surface area contributed by atoms with E-state index in [0.717, 1.165) is 26.2 Å². The topological polar surface area (TPSA) is 54.4 Å². The van der Waals surface area contributed by atoms with Crippen molar-refractivity contribution in [2.24, 2.45) is 5.92 Å². The minimum Gasteiger partial charge on any atom is -0.378 e. The standard InChI is InChI=1S/C12H18ClN5O/c1-9-2-3-18(8-9)12-15-10(13)14-11(16-12)17-4-6-19-7-5-17/h9H,2-8H2,1H3. The maximum Gasteiger partial charge on any atom is 0.231 e. The molecular formula is C12H18ClN5O. The smallest absolute Gasteiger partial charge is 0.231 e. The first kappa shape index (κ1) is 12.9. The summed E-state index contributed by atoms with van der Waals surface area (Å²) in [5.74, 6) is 2.05. The predicted octanol–water partition coefficient (Wildman–Crippen LogP) is 1.21. The summed E-state index contributed by atoms with van der Waals surface area (Å²) in [6.07, 6.45) is 1.18. The van der Waals surface area contributed by atoms with Gasteiger partial charge in [0.2, 0.25) is 17.2 Å². The molecule has 1 unspecified atom stereocenters. The third kappa shape index (κ3) is 2.90. The number of rotatable bonds is 2. The molecule has 2 aliphatic rings. The fourth-order valence-corrected chi connectivity index (χ4v) is 2.64. The maximum atomic E-state index is 6.04. The Hall–Kier alpha value is -1.14. The lowest BCUT2D eigenvalue weighted by atomic mass is 10.2. The molecule has 0 N–H and O–H groups in total. The average molecular weight is 284 g/mol. The lowest BCUT2D eigenvalue weighted by molar-refractivity contribution is 0.122. The quantitative estimate of drug-likeness (QED) is 0.813. The second-order valence-electron chi connectivity index (χ2n) is 5.14. The first-order valence-electron chi connectivity index (χ1n) is 6.71. The first-order chi connectivity index (χ1) is 9.22. The molecule has 0 bridgehead atoms.